The van der Waals surface area contributed by atoms with Crippen LogP contribution in [0, 0.1) is 5.41 Å². The Balaban J connectivity index is 1.96. The molecule has 2 rings (SSSR count). The molecule has 6 nitrogen and oxygen atoms in total. The Morgan fingerprint density at radius 3 is 3.12 bits per heavy atom. The molecule has 0 radical (unpaired) electrons. The number of amides is 1. The van der Waals surface area contributed by atoms with E-state index in [1.807, 2.05) is 24.7 Å². The van der Waals surface area contributed by atoms with Crippen LogP contribution in [-0.2, 0) is 23.1 Å². The van der Waals surface area contributed by atoms with Gasteiger partial charge in [-0.25, -0.2) is 4.98 Å². The van der Waals surface area contributed by atoms with Crippen molar-refractivity contribution in [3.8, 4) is 0 Å². The average molecular weight is 238 g/mol. The first kappa shape index (κ1) is 12.1. The van der Waals surface area contributed by atoms with Crippen molar-refractivity contribution in [3.05, 3.63) is 18.2 Å². The minimum atomic E-state index is -0.634. The van der Waals surface area contributed by atoms with E-state index >= 15 is 0 Å². The van der Waals surface area contributed by atoms with Crippen LogP contribution in [0.3, 0.4) is 0 Å². The van der Waals surface area contributed by atoms with E-state index in [1.54, 1.807) is 6.20 Å². The van der Waals surface area contributed by atoms with E-state index in [0.29, 0.717) is 19.8 Å². The lowest BCUT2D eigenvalue weighted by atomic mass is 9.85. The lowest BCUT2D eigenvalue weighted by molar-refractivity contribution is -0.130. The molecule has 2 heterocycles. The summed E-state index contributed by atoms with van der Waals surface area (Å²) in [5, 5.41) is 2.86. The van der Waals surface area contributed by atoms with Gasteiger partial charge in [-0.15, -0.1) is 0 Å². The number of aryl methyl sites for hydroxylation is 1. The summed E-state index contributed by atoms with van der Waals surface area (Å²) in [6.45, 7) is 3.05. The molecule has 1 aromatic heterocycles. The van der Waals surface area contributed by atoms with Gasteiger partial charge < -0.3 is 20.4 Å². The lowest BCUT2D eigenvalue weighted by Crippen LogP contribution is -2.49. The van der Waals surface area contributed by atoms with E-state index in [9.17, 15) is 4.79 Å². The first-order chi connectivity index (χ1) is 8.04. The maximum absolute atomic E-state index is 12.1. The second-order valence-corrected chi connectivity index (χ2v) is 4.68. The fourth-order valence-electron chi connectivity index (χ4n) is 1.85. The van der Waals surface area contributed by atoms with Crippen molar-refractivity contribution in [1.82, 2.24) is 14.9 Å². The smallest absolute Gasteiger partial charge is 0.230 e. The van der Waals surface area contributed by atoms with E-state index in [1.165, 1.54) is 0 Å². The van der Waals surface area contributed by atoms with E-state index in [-0.39, 0.29) is 11.9 Å². The number of hydrogen-bond acceptors (Lipinski definition) is 4. The predicted octanol–water partition coefficient (Wildman–Crippen LogP) is -0.600. The number of imidazole rings is 1. The summed E-state index contributed by atoms with van der Waals surface area (Å²) in [6.07, 6.45) is 3.54. The summed E-state index contributed by atoms with van der Waals surface area (Å²) in [5.74, 6) is 0.736. The van der Waals surface area contributed by atoms with Crippen LogP contribution in [0.4, 0.5) is 0 Å². The molecule has 3 N–H and O–H groups in total. The molecule has 0 aliphatic carbocycles. The average Bonchev–Trinajstić information content (AvgIpc) is 2.84. The maximum atomic E-state index is 12.1. The normalized spacial score (nSPS) is 28.3. The zero-order chi connectivity index (χ0) is 12.5. The van der Waals surface area contributed by atoms with Crippen LogP contribution in [0.25, 0.3) is 0 Å². The minimum Gasteiger partial charge on any atom is -0.379 e. The summed E-state index contributed by atoms with van der Waals surface area (Å²) in [4.78, 5) is 16.2. The molecule has 1 aromatic rings. The van der Waals surface area contributed by atoms with Gasteiger partial charge in [-0.2, -0.15) is 0 Å². The fraction of sp³-hybridized carbons (Fsp3) is 0.636. The number of nitrogens with zero attached hydrogens (tertiary/aromatic N) is 2. The summed E-state index contributed by atoms with van der Waals surface area (Å²) in [7, 11) is 1.89. The van der Waals surface area contributed by atoms with Crippen LogP contribution in [0.5, 0.6) is 0 Å². The van der Waals surface area contributed by atoms with E-state index in [4.69, 9.17) is 10.5 Å². The number of ether oxygens (including phenoxy) is 1. The molecule has 1 aliphatic heterocycles. The Hall–Kier alpha value is -1.40. The first-order valence-corrected chi connectivity index (χ1v) is 5.62. The highest BCUT2D eigenvalue weighted by atomic mass is 16.5. The minimum absolute atomic E-state index is 0.0782. The zero-order valence-corrected chi connectivity index (χ0v) is 10.1. The van der Waals surface area contributed by atoms with Crippen LogP contribution in [0.2, 0.25) is 0 Å². The molecular formula is C11H18N4O2. The summed E-state index contributed by atoms with van der Waals surface area (Å²) >= 11 is 0. The molecule has 0 spiro atoms. The predicted molar refractivity (Wildman–Crippen MR) is 62.0 cm³/mol. The maximum Gasteiger partial charge on any atom is 0.230 e. The van der Waals surface area contributed by atoms with Crippen LogP contribution in [-0.4, -0.2) is 34.7 Å². The van der Waals surface area contributed by atoms with Gasteiger partial charge in [0.25, 0.3) is 0 Å². The summed E-state index contributed by atoms with van der Waals surface area (Å²) in [5.41, 5.74) is 5.25. The van der Waals surface area contributed by atoms with Gasteiger partial charge in [-0.05, 0) is 6.92 Å². The van der Waals surface area contributed by atoms with Gasteiger partial charge in [0.05, 0.1) is 25.2 Å². The van der Waals surface area contributed by atoms with Crippen molar-refractivity contribution >= 4 is 5.91 Å². The van der Waals surface area contributed by atoms with Crippen LogP contribution in [0.15, 0.2) is 12.4 Å². The summed E-state index contributed by atoms with van der Waals surface area (Å²) in [6, 6.07) is -0.246. The fourth-order valence-corrected chi connectivity index (χ4v) is 1.85. The van der Waals surface area contributed by atoms with Crippen molar-refractivity contribution in [3.63, 3.8) is 0 Å². The number of carbonyl (C=O) groups is 1. The van der Waals surface area contributed by atoms with E-state index < -0.39 is 5.41 Å². The highest BCUT2D eigenvalue weighted by molar-refractivity contribution is 5.83. The van der Waals surface area contributed by atoms with Crippen LogP contribution in [0.1, 0.15) is 12.7 Å². The van der Waals surface area contributed by atoms with Gasteiger partial charge in [-0.3, -0.25) is 4.79 Å². The van der Waals surface area contributed by atoms with Crippen molar-refractivity contribution in [2.45, 2.75) is 19.5 Å². The number of hydrogen-bond donors (Lipinski definition) is 2. The van der Waals surface area contributed by atoms with E-state index in [2.05, 4.69) is 10.3 Å². The molecule has 6 heteroatoms. The first-order valence-electron chi connectivity index (χ1n) is 5.62. The third kappa shape index (κ3) is 2.18. The monoisotopic (exact) mass is 238 g/mol. The number of nitrogens with two attached hydrogens (primary N) is 1. The Labute approximate surface area is 100 Å². The quantitative estimate of drug-likeness (QED) is 0.736. The lowest BCUT2D eigenvalue weighted by Gasteiger charge is -2.25. The topological polar surface area (TPSA) is 82.2 Å². The van der Waals surface area contributed by atoms with Gasteiger partial charge in [-0.1, -0.05) is 0 Å². The molecule has 2 atom stereocenters. The Morgan fingerprint density at radius 2 is 2.59 bits per heavy atom. The molecule has 1 amide bonds. The van der Waals surface area contributed by atoms with Gasteiger partial charge in [0.15, 0.2) is 0 Å². The van der Waals surface area contributed by atoms with Gasteiger partial charge in [0.2, 0.25) is 5.91 Å². The third-order valence-electron chi connectivity index (χ3n) is 3.36. The third-order valence-corrected chi connectivity index (χ3v) is 3.36. The van der Waals surface area contributed by atoms with Crippen molar-refractivity contribution in [2.24, 2.45) is 18.2 Å². The van der Waals surface area contributed by atoms with Crippen molar-refractivity contribution < 1.29 is 9.53 Å². The number of carbonyl (C=O) groups excluding carboxylic acids is 1. The highest BCUT2D eigenvalue weighted by Gasteiger charge is 2.44. The molecule has 17 heavy (non-hydrogen) atoms. The molecule has 2 unspecified atom stereocenters. The molecule has 1 saturated heterocycles. The molecule has 1 aliphatic rings. The van der Waals surface area contributed by atoms with Gasteiger partial charge in [0, 0.05) is 25.5 Å². The van der Waals surface area contributed by atoms with Gasteiger partial charge >= 0.3 is 0 Å². The highest BCUT2D eigenvalue weighted by Crippen LogP contribution is 2.27. The SMILES string of the molecule is Cn1ccnc1CNC(=O)C1(C)COCC1N. The molecule has 0 saturated carbocycles. The Bertz CT molecular complexity index is 417. The molecule has 1 fully saturated rings. The molecule has 0 aromatic carbocycles. The Morgan fingerprint density at radius 1 is 1.82 bits per heavy atom. The standard InChI is InChI=1S/C11H18N4O2/c1-11(7-17-6-8(11)12)10(16)14-5-9-13-3-4-15(9)2/h3-4,8H,5-7,12H2,1-2H3,(H,14,16). The van der Waals surface area contributed by atoms with Crippen LogP contribution < -0.4 is 11.1 Å². The second kappa shape index (κ2) is 4.46. The molecule has 0 bridgehead atoms. The number of rotatable bonds is 3. The molecular weight excluding hydrogens is 220 g/mol. The van der Waals surface area contributed by atoms with Crippen LogP contribution >= 0.6 is 0 Å². The van der Waals surface area contributed by atoms with E-state index in [0.717, 1.165) is 5.82 Å². The molecule has 94 valence electrons. The van der Waals surface area contributed by atoms with Crippen molar-refractivity contribution in [1.29, 1.82) is 0 Å². The largest absolute Gasteiger partial charge is 0.379 e. The number of nitrogens with one attached hydrogen (secondary N) is 1. The van der Waals surface area contributed by atoms with Crippen molar-refractivity contribution in [2.75, 3.05) is 13.2 Å². The Kier molecular flexibility index (Phi) is 3.17. The van der Waals surface area contributed by atoms with Gasteiger partial charge in [0.1, 0.15) is 5.82 Å². The summed E-state index contributed by atoms with van der Waals surface area (Å²) < 4.78 is 7.12. The zero-order valence-electron chi connectivity index (χ0n) is 10.1. The second-order valence-electron chi connectivity index (χ2n) is 4.68. The number of aromatic nitrogens is 2.